The van der Waals surface area contributed by atoms with Crippen LogP contribution in [0.2, 0.25) is 0 Å². The number of nitrogens with zero attached hydrogens (tertiary/aromatic N) is 1. The lowest BCUT2D eigenvalue weighted by atomic mass is 9.52. The minimum absolute atomic E-state index is 0.0650. The lowest BCUT2D eigenvalue weighted by Gasteiger charge is -2.57. The summed E-state index contributed by atoms with van der Waals surface area (Å²) in [6.07, 6.45) is 3.46. The Labute approximate surface area is 164 Å². The Morgan fingerprint density at radius 2 is 2.07 bits per heavy atom. The summed E-state index contributed by atoms with van der Waals surface area (Å²) in [5.74, 6) is 2.48. The van der Waals surface area contributed by atoms with Gasteiger partial charge in [0.1, 0.15) is 6.10 Å². The molecule has 0 amide bonds. The SMILES string of the molecule is COc1ccc2c3c1OC1c4[nH]c5ccccc5c4CC4C(C2)N(C)CC[C@]314. The average Bonchev–Trinajstić information content (AvgIpc) is 3.25. The van der Waals surface area contributed by atoms with Gasteiger partial charge in [0.15, 0.2) is 11.5 Å². The van der Waals surface area contributed by atoms with E-state index in [1.165, 1.54) is 33.3 Å². The van der Waals surface area contributed by atoms with Crippen molar-refractivity contribution in [3.63, 3.8) is 0 Å². The number of para-hydroxylation sites is 1. The Morgan fingerprint density at radius 1 is 1.18 bits per heavy atom. The highest BCUT2D eigenvalue weighted by molar-refractivity contribution is 5.86. The molecule has 4 aliphatic rings. The molecule has 2 aliphatic carbocycles. The van der Waals surface area contributed by atoms with Crippen LogP contribution in [-0.2, 0) is 18.3 Å². The first-order valence-corrected chi connectivity index (χ1v) is 10.4. The predicted molar refractivity (Wildman–Crippen MR) is 108 cm³/mol. The number of likely N-dealkylation sites (N-methyl/N-ethyl adjacent to an activating group) is 1. The maximum Gasteiger partial charge on any atom is 0.166 e. The molecule has 3 heterocycles. The summed E-state index contributed by atoms with van der Waals surface area (Å²) in [6, 6.07) is 13.7. The smallest absolute Gasteiger partial charge is 0.166 e. The topological polar surface area (TPSA) is 37.5 Å². The standard InChI is InChI=1S/C24H24N2O2/c1-26-10-9-24-16-12-15-14-5-3-4-6-17(14)25-21(15)23(24)28-22-19(27-2)8-7-13(20(22)24)11-18(16)26/h3-8,16,18,23,25H,9-12H2,1-2H3/t16?,18?,23?,24-/m0/s1. The Kier molecular flexibility index (Phi) is 2.72. The number of hydrogen-bond acceptors (Lipinski definition) is 3. The van der Waals surface area contributed by atoms with E-state index in [1.54, 1.807) is 7.11 Å². The molecule has 28 heavy (non-hydrogen) atoms. The van der Waals surface area contributed by atoms with Gasteiger partial charge in [-0.05, 0) is 62.0 Å². The van der Waals surface area contributed by atoms with Crippen molar-refractivity contribution in [2.24, 2.45) is 5.92 Å². The van der Waals surface area contributed by atoms with Crippen molar-refractivity contribution in [3.8, 4) is 11.5 Å². The quantitative estimate of drug-likeness (QED) is 0.702. The summed E-state index contributed by atoms with van der Waals surface area (Å²) in [6.45, 7) is 1.13. The summed E-state index contributed by atoms with van der Waals surface area (Å²) in [5, 5.41) is 1.37. The summed E-state index contributed by atoms with van der Waals surface area (Å²) >= 11 is 0. The fraction of sp³-hybridized carbons (Fsp3) is 0.417. The first-order valence-electron chi connectivity index (χ1n) is 10.4. The predicted octanol–water partition coefficient (Wildman–Crippen LogP) is 3.98. The zero-order chi connectivity index (χ0) is 18.6. The van der Waals surface area contributed by atoms with E-state index >= 15 is 0 Å². The second kappa shape index (κ2) is 4.93. The molecule has 1 aromatic heterocycles. The molecule has 4 heteroatoms. The number of methoxy groups -OCH3 is 1. The van der Waals surface area contributed by atoms with E-state index in [-0.39, 0.29) is 11.5 Å². The van der Waals surface area contributed by atoms with Crippen molar-refractivity contribution >= 4 is 10.9 Å². The van der Waals surface area contributed by atoms with Crippen molar-refractivity contribution < 1.29 is 9.47 Å². The molecule has 0 saturated carbocycles. The van der Waals surface area contributed by atoms with E-state index in [0.717, 1.165) is 37.3 Å². The number of aromatic amines is 1. The molecule has 2 aliphatic heterocycles. The van der Waals surface area contributed by atoms with E-state index in [4.69, 9.17) is 9.47 Å². The van der Waals surface area contributed by atoms with E-state index in [0.29, 0.717) is 12.0 Å². The number of benzene rings is 2. The molecule has 0 radical (unpaired) electrons. The number of fused-ring (bicyclic) bond motifs is 4. The first-order chi connectivity index (χ1) is 13.7. The Morgan fingerprint density at radius 3 is 2.96 bits per heavy atom. The van der Waals surface area contributed by atoms with Gasteiger partial charge in [0.2, 0.25) is 0 Å². The molecular formula is C24H24N2O2. The van der Waals surface area contributed by atoms with Gasteiger partial charge in [-0.1, -0.05) is 24.3 Å². The second-order valence-corrected chi connectivity index (χ2v) is 9.04. The van der Waals surface area contributed by atoms with Crippen molar-refractivity contribution in [1.29, 1.82) is 0 Å². The minimum atomic E-state index is 0.0650. The number of H-pyrrole nitrogens is 1. The van der Waals surface area contributed by atoms with E-state index < -0.39 is 0 Å². The highest BCUT2D eigenvalue weighted by Crippen LogP contribution is 2.67. The van der Waals surface area contributed by atoms with Gasteiger partial charge in [0.05, 0.1) is 12.8 Å². The molecule has 1 spiro atoms. The van der Waals surface area contributed by atoms with Gasteiger partial charge in [0, 0.05) is 27.9 Å². The molecule has 1 saturated heterocycles. The number of rotatable bonds is 1. The molecule has 3 aromatic rings. The molecule has 3 unspecified atom stereocenters. The van der Waals surface area contributed by atoms with Crippen LogP contribution in [-0.4, -0.2) is 36.6 Å². The highest BCUT2D eigenvalue weighted by atomic mass is 16.5. The van der Waals surface area contributed by atoms with Crippen LogP contribution in [0.3, 0.4) is 0 Å². The molecule has 7 rings (SSSR count). The maximum atomic E-state index is 6.82. The van der Waals surface area contributed by atoms with Crippen LogP contribution < -0.4 is 9.47 Å². The fourth-order valence-corrected chi connectivity index (χ4v) is 6.96. The van der Waals surface area contributed by atoms with E-state index in [2.05, 4.69) is 53.3 Å². The van der Waals surface area contributed by atoms with Crippen molar-refractivity contribution in [3.05, 3.63) is 58.8 Å². The monoisotopic (exact) mass is 372 g/mol. The van der Waals surface area contributed by atoms with Gasteiger partial charge < -0.3 is 19.4 Å². The zero-order valence-corrected chi connectivity index (χ0v) is 16.3. The van der Waals surface area contributed by atoms with Crippen molar-refractivity contribution in [1.82, 2.24) is 9.88 Å². The van der Waals surface area contributed by atoms with Crippen LogP contribution in [0.15, 0.2) is 36.4 Å². The molecule has 142 valence electrons. The third-order valence-corrected chi connectivity index (χ3v) is 8.13. The summed E-state index contributed by atoms with van der Waals surface area (Å²) in [7, 11) is 4.07. The molecular weight excluding hydrogens is 348 g/mol. The number of piperidine rings is 1. The van der Waals surface area contributed by atoms with Crippen LogP contribution in [0.1, 0.15) is 34.9 Å². The number of hydrogen-bond donors (Lipinski definition) is 1. The third-order valence-electron chi connectivity index (χ3n) is 8.13. The number of nitrogens with one attached hydrogen (secondary N) is 1. The van der Waals surface area contributed by atoms with Gasteiger partial charge >= 0.3 is 0 Å². The van der Waals surface area contributed by atoms with Gasteiger partial charge in [0.25, 0.3) is 0 Å². The summed E-state index contributed by atoms with van der Waals surface area (Å²) in [4.78, 5) is 6.35. The molecule has 1 fully saturated rings. The summed E-state index contributed by atoms with van der Waals surface area (Å²) < 4.78 is 12.6. The lowest BCUT2D eigenvalue weighted by molar-refractivity contribution is -0.0252. The van der Waals surface area contributed by atoms with Crippen LogP contribution in [0, 0.1) is 5.92 Å². The van der Waals surface area contributed by atoms with Crippen molar-refractivity contribution in [2.75, 3.05) is 20.7 Å². The van der Waals surface area contributed by atoms with E-state index in [9.17, 15) is 0 Å². The van der Waals surface area contributed by atoms with Crippen LogP contribution in [0.25, 0.3) is 10.9 Å². The minimum Gasteiger partial charge on any atom is -0.493 e. The van der Waals surface area contributed by atoms with Crippen LogP contribution in [0.4, 0.5) is 0 Å². The highest BCUT2D eigenvalue weighted by Gasteiger charge is 2.65. The van der Waals surface area contributed by atoms with Gasteiger partial charge in [-0.15, -0.1) is 0 Å². The molecule has 4 atom stereocenters. The lowest BCUT2D eigenvalue weighted by Crippen LogP contribution is -2.62. The first kappa shape index (κ1) is 15.5. The maximum absolute atomic E-state index is 6.82. The largest absolute Gasteiger partial charge is 0.493 e. The molecule has 2 bridgehead atoms. The molecule has 2 aromatic carbocycles. The van der Waals surface area contributed by atoms with Gasteiger partial charge in [-0.3, -0.25) is 0 Å². The second-order valence-electron chi connectivity index (χ2n) is 9.04. The number of ether oxygens (including phenoxy) is 2. The normalized spacial score (nSPS) is 32.0. The number of likely N-dealkylation sites (tertiary alicyclic amines) is 1. The van der Waals surface area contributed by atoms with E-state index in [1.807, 2.05) is 0 Å². The Bertz CT molecular complexity index is 1150. The summed E-state index contributed by atoms with van der Waals surface area (Å²) in [5.41, 5.74) is 6.99. The van der Waals surface area contributed by atoms with Crippen LogP contribution in [0.5, 0.6) is 11.5 Å². The third kappa shape index (κ3) is 1.56. The van der Waals surface area contributed by atoms with Gasteiger partial charge in [-0.25, -0.2) is 0 Å². The van der Waals surface area contributed by atoms with Crippen LogP contribution >= 0.6 is 0 Å². The van der Waals surface area contributed by atoms with Gasteiger partial charge in [-0.2, -0.15) is 0 Å². The Hall–Kier alpha value is -2.46. The van der Waals surface area contributed by atoms with Crippen molar-refractivity contribution in [2.45, 2.75) is 36.8 Å². The average molecular weight is 372 g/mol. The Balaban J connectivity index is 1.57. The fourth-order valence-electron chi connectivity index (χ4n) is 6.96. The molecule has 4 nitrogen and oxygen atoms in total. The number of aromatic nitrogens is 1. The molecule has 1 N–H and O–H groups in total. The zero-order valence-electron chi connectivity index (χ0n) is 16.3.